The SMILES string of the molecule is CCOC(=O)Nc1ccc2c(c1)N(C(=O)C[NH+]1CC[NH+](CCO)CC1)c1ccccc1CC2. The van der Waals surface area contributed by atoms with Crippen LogP contribution in [-0.4, -0.2) is 69.6 Å². The van der Waals surface area contributed by atoms with Gasteiger partial charge in [-0.25, -0.2) is 4.79 Å². The lowest BCUT2D eigenvalue weighted by Crippen LogP contribution is -3.28. The predicted octanol–water partition coefficient (Wildman–Crippen LogP) is -0.206. The lowest BCUT2D eigenvalue weighted by Gasteiger charge is -2.31. The molecule has 0 aliphatic carbocycles. The summed E-state index contributed by atoms with van der Waals surface area (Å²) in [6.07, 6.45) is 1.18. The molecule has 0 atom stereocenters. The van der Waals surface area contributed by atoms with Crippen molar-refractivity contribution in [3.05, 3.63) is 53.6 Å². The third kappa shape index (κ3) is 5.52. The number of aliphatic hydroxyl groups is 1. The molecule has 2 aromatic carbocycles. The van der Waals surface area contributed by atoms with Crippen molar-refractivity contribution < 1.29 is 29.2 Å². The topological polar surface area (TPSA) is 87.8 Å². The van der Waals surface area contributed by atoms with Gasteiger partial charge < -0.3 is 19.6 Å². The van der Waals surface area contributed by atoms with Gasteiger partial charge in [0.25, 0.3) is 5.91 Å². The van der Waals surface area contributed by atoms with Gasteiger partial charge in [-0.3, -0.25) is 15.0 Å². The fourth-order valence-corrected chi connectivity index (χ4v) is 4.79. The van der Waals surface area contributed by atoms with Crippen molar-refractivity contribution in [1.29, 1.82) is 0 Å². The van der Waals surface area contributed by atoms with Crippen LogP contribution < -0.4 is 20.0 Å². The Morgan fingerprint density at radius 3 is 2.42 bits per heavy atom. The quantitative estimate of drug-likeness (QED) is 0.487. The number of hydrogen-bond acceptors (Lipinski definition) is 4. The van der Waals surface area contributed by atoms with Crippen molar-refractivity contribution in [3.8, 4) is 0 Å². The van der Waals surface area contributed by atoms with Gasteiger partial charge in [0.1, 0.15) is 32.7 Å². The van der Waals surface area contributed by atoms with Crippen LogP contribution in [0.3, 0.4) is 0 Å². The standard InChI is InChI=1S/C25H32N4O4/c1-2-33-25(32)26-21-10-9-20-8-7-19-5-3-4-6-22(19)29(23(20)17-21)24(31)18-28-13-11-27(12-14-28)15-16-30/h3-6,9-10,17,30H,2,7-8,11-16,18H2,1H3,(H,26,32)/p+2. The van der Waals surface area contributed by atoms with Gasteiger partial charge in [0.15, 0.2) is 6.54 Å². The molecule has 2 aliphatic rings. The summed E-state index contributed by atoms with van der Waals surface area (Å²) in [6, 6.07) is 13.8. The maximum absolute atomic E-state index is 13.7. The summed E-state index contributed by atoms with van der Waals surface area (Å²) in [5, 5.41) is 12.0. The van der Waals surface area contributed by atoms with E-state index in [1.807, 2.05) is 41.3 Å². The molecular weight excluding hydrogens is 420 g/mol. The molecule has 2 aliphatic heterocycles. The van der Waals surface area contributed by atoms with Crippen molar-refractivity contribution in [1.82, 2.24) is 0 Å². The Bertz CT molecular complexity index is 988. The van der Waals surface area contributed by atoms with Gasteiger partial charge in [-0.15, -0.1) is 0 Å². The minimum absolute atomic E-state index is 0.0551. The molecule has 8 heteroatoms. The highest BCUT2D eigenvalue weighted by Gasteiger charge is 2.31. The number of hydrogen-bond donors (Lipinski definition) is 4. The minimum Gasteiger partial charge on any atom is -0.450 e. The van der Waals surface area contributed by atoms with Crippen molar-refractivity contribution in [2.45, 2.75) is 19.8 Å². The second kappa shape index (κ2) is 10.8. The fraction of sp³-hybridized carbons (Fsp3) is 0.440. The largest absolute Gasteiger partial charge is 0.450 e. The van der Waals surface area contributed by atoms with E-state index >= 15 is 0 Å². The third-order valence-corrected chi connectivity index (χ3v) is 6.52. The molecule has 33 heavy (non-hydrogen) atoms. The number of quaternary nitrogens is 2. The van der Waals surface area contributed by atoms with Gasteiger partial charge in [0.05, 0.1) is 24.6 Å². The van der Waals surface area contributed by atoms with E-state index in [0.29, 0.717) is 18.8 Å². The summed E-state index contributed by atoms with van der Waals surface area (Å²) in [5.74, 6) is 0.0551. The van der Waals surface area contributed by atoms with Crippen LogP contribution in [0.15, 0.2) is 42.5 Å². The van der Waals surface area contributed by atoms with E-state index in [1.165, 1.54) is 9.80 Å². The number of aryl methyl sites for hydroxylation is 2. The number of benzene rings is 2. The monoisotopic (exact) mass is 454 g/mol. The zero-order valence-electron chi connectivity index (χ0n) is 19.2. The van der Waals surface area contributed by atoms with Crippen LogP contribution >= 0.6 is 0 Å². The summed E-state index contributed by atoms with van der Waals surface area (Å²) in [4.78, 5) is 30.2. The first kappa shape index (κ1) is 23.2. The molecule has 4 N–H and O–H groups in total. The third-order valence-electron chi connectivity index (χ3n) is 6.52. The van der Waals surface area contributed by atoms with Crippen LogP contribution in [0.5, 0.6) is 0 Å². The zero-order chi connectivity index (χ0) is 23.2. The van der Waals surface area contributed by atoms with E-state index in [1.54, 1.807) is 6.92 Å². The summed E-state index contributed by atoms with van der Waals surface area (Å²) < 4.78 is 5.02. The Hall–Kier alpha value is -2.94. The Morgan fingerprint density at radius 1 is 1.00 bits per heavy atom. The summed E-state index contributed by atoms with van der Waals surface area (Å²) in [6.45, 7) is 7.19. The number of anilines is 3. The number of carbonyl (C=O) groups is 2. The molecule has 0 unspecified atom stereocenters. The van der Waals surface area contributed by atoms with E-state index in [0.717, 1.165) is 68.1 Å². The van der Waals surface area contributed by atoms with Crippen molar-refractivity contribution >= 4 is 29.1 Å². The number of nitrogens with one attached hydrogen (secondary N) is 3. The van der Waals surface area contributed by atoms with Crippen molar-refractivity contribution in [3.63, 3.8) is 0 Å². The molecule has 0 saturated carbocycles. The number of rotatable bonds is 6. The molecule has 2 heterocycles. The summed E-state index contributed by atoms with van der Waals surface area (Å²) >= 11 is 0. The summed E-state index contributed by atoms with van der Waals surface area (Å²) in [7, 11) is 0. The molecule has 4 rings (SSSR count). The number of aliphatic hydroxyl groups excluding tert-OH is 1. The molecule has 1 saturated heterocycles. The number of fused-ring (bicyclic) bond motifs is 2. The van der Waals surface area contributed by atoms with E-state index in [4.69, 9.17) is 4.74 Å². The number of ether oxygens (including phenoxy) is 1. The van der Waals surface area contributed by atoms with E-state index < -0.39 is 6.09 Å². The normalized spacial score (nSPS) is 19.8. The average Bonchev–Trinajstić information content (AvgIpc) is 2.97. The van der Waals surface area contributed by atoms with Gasteiger partial charge in [-0.05, 0) is 49.1 Å². The molecule has 0 radical (unpaired) electrons. The number of amides is 2. The molecule has 2 amide bonds. The smallest absolute Gasteiger partial charge is 0.411 e. The van der Waals surface area contributed by atoms with E-state index in [-0.39, 0.29) is 12.5 Å². The van der Waals surface area contributed by atoms with E-state index in [9.17, 15) is 14.7 Å². The first-order valence-corrected chi connectivity index (χ1v) is 11.8. The number of carbonyl (C=O) groups excluding carboxylic acids is 2. The zero-order valence-corrected chi connectivity index (χ0v) is 19.2. The van der Waals surface area contributed by atoms with E-state index in [2.05, 4.69) is 11.4 Å². The van der Waals surface area contributed by atoms with Crippen molar-refractivity contribution in [2.75, 3.05) is 62.7 Å². The fourth-order valence-electron chi connectivity index (χ4n) is 4.79. The molecule has 0 spiro atoms. The maximum Gasteiger partial charge on any atom is 0.411 e. The second-order valence-electron chi connectivity index (χ2n) is 8.70. The highest BCUT2D eigenvalue weighted by molar-refractivity contribution is 6.03. The van der Waals surface area contributed by atoms with Gasteiger partial charge in [-0.2, -0.15) is 0 Å². The minimum atomic E-state index is -0.503. The second-order valence-corrected chi connectivity index (χ2v) is 8.70. The first-order chi connectivity index (χ1) is 16.1. The summed E-state index contributed by atoms with van der Waals surface area (Å²) in [5.41, 5.74) is 4.58. The Balaban J connectivity index is 1.60. The maximum atomic E-state index is 13.7. The Kier molecular flexibility index (Phi) is 7.59. The van der Waals surface area contributed by atoms with Crippen LogP contribution in [0.1, 0.15) is 18.1 Å². The lowest BCUT2D eigenvalue weighted by molar-refractivity contribution is -1.01. The van der Waals surface area contributed by atoms with Crippen LogP contribution in [0.2, 0.25) is 0 Å². The average molecular weight is 455 g/mol. The van der Waals surface area contributed by atoms with Crippen LogP contribution in [0.25, 0.3) is 0 Å². The van der Waals surface area contributed by atoms with Gasteiger partial charge >= 0.3 is 6.09 Å². The van der Waals surface area contributed by atoms with Crippen LogP contribution in [0, 0.1) is 0 Å². The molecule has 2 aromatic rings. The molecule has 0 aromatic heterocycles. The first-order valence-electron chi connectivity index (χ1n) is 11.8. The molecule has 176 valence electrons. The highest BCUT2D eigenvalue weighted by atomic mass is 16.5. The van der Waals surface area contributed by atoms with Crippen LogP contribution in [0.4, 0.5) is 21.9 Å². The van der Waals surface area contributed by atoms with Gasteiger partial charge in [0, 0.05) is 5.69 Å². The van der Waals surface area contributed by atoms with Crippen molar-refractivity contribution in [2.24, 2.45) is 0 Å². The molecular formula is C25H34N4O4+2. The molecule has 0 bridgehead atoms. The Labute approximate surface area is 194 Å². The van der Waals surface area contributed by atoms with Crippen LogP contribution in [-0.2, 0) is 22.4 Å². The predicted molar refractivity (Wildman–Crippen MR) is 126 cm³/mol. The number of nitrogens with zero attached hydrogens (tertiary/aromatic N) is 1. The highest BCUT2D eigenvalue weighted by Crippen LogP contribution is 2.37. The molecule has 8 nitrogen and oxygen atoms in total. The number of para-hydroxylation sites is 1. The Morgan fingerprint density at radius 2 is 1.70 bits per heavy atom. The molecule has 1 fully saturated rings. The number of piperazine rings is 1. The van der Waals surface area contributed by atoms with Gasteiger partial charge in [0.2, 0.25) is 0 Å². The van der Waals surface area contributed by atoms with Gasteiger partial charge in [-0.1, -0.05) is 24.3 Å². The lowest BCUT2D eigenvalue weighted by atomic mass is 10.0.